The summed E-state index contributed by atoms with van der Waals surface area (Å²) in [5, 5.41) is 8.56. The van der Waals surface area contributed by atoms with Crippen LogP contribution in [0.4, 0.5) is 26.3 Å². The summed E-state index contributed by atoms with van der Waals surface area (Å²) < 4.78 is 75.1. The average molecular weight is 422 g/mol. The number of unbranched alkanes of at least 4 members (excludes halogenated alkanes) is 7. The van der Waals surface area contributed by atoms with Crippen molar-refractivity contribution in [2.75, 3.05) is 6.61 Å². The van der Waals surface area contributed by atoms with Crippen LogP contribution in [0.2, 0.25) is 0 Å². The molecule has 0 bridgehead atoms. The number of carbonyl (C=O) groups excluding carboxylic acids is 1. The molecule has 0 radical (unpaired) electrons. The number of rotatable bonds is 13. The Balaban J connectivity index is 0. The zero-order valence-electron chi connectivity index (χ0n) is 16.4. The molecule has 0 rings (SSSR count). The van der Waals surface area contributed by atoms with E-state index >= 15 is 0 Å². The molecular weight excluding hydrogens is 390 g/mol. The lowest BCUT2D eigenvalue weighted by molar-refractivity contribution is -0.205. The third-order valence-corrected chi connectivity index (χ3v) is 3.72. The summed E-state index contributed by atoms with van der Waals surface area (Å²) in [6, 6.07) is 0. The van der Waals surface area contributed by atoms with Crippen LogP contribution in [-0.2, 0) is 9.53 Å². The third-order valence-electron chi connectivity index (χ3n) is 3.72. The highest BCUT2D eigenvalue weighted by molar-refractivity contribution is 5.81. The summed E-state index contributed by atoms with van der Waals surface area (Å²) in [6.45, 7) is 5.54. The average Bonchev–Trinajstić information content (AvgIpc) is 2.59. The number of esters is 1. The molecule has 0 saturated carbocycles. The quantitative estimate of drug-likeness (QED) is 0.160. The Morgan fingerprint density at radius 3 is 2.00 bits per heavy atom. The second kappa shape index (κ2) is 16.7. The molecular formula is C19H32F6O3. The molecule has 0 aliphatic rings. The zero-order valence-corrected chi connectivity index (χ0v) is 16.4. The molecule has 28 heavy (non-hydrogen) atoms. The van der Waals surface area contributed by atoms with E-state index in [2.05, 4.69) is 6.58 Å². The molecule has 0 heterocycles. The van der Waals surface area contributed by atoms with Crippen LogP contribution in [0.3, 0.4) is 0 Å². The second-order valence-electron chi connectivity index (χ2n) is 6.41. The van der Waals surface area contributed by atoms with E-state index in [9.17, 15) is 31.1 Å². The first-order valence-electron chi connectivity index (χ1n) is 9.54. The van der Waals surface area contributed by atoms with Crippen molar-refractivity contribution in [1.82, 2.24) is 0 Å². The standard InChI is InChI=1S/C11H17F3O2.C8H15F3O/c1-2-10(15)16-9-7-5-3-4-6-8-11(12,13)14;1-2-3-4-5-6-7(12)8(9,10)11/h2H,1,3-9H2;7,12H,2-6H2,1H3. The van der Waals surface area contributed by atoms with Crippen molar-refractivity contribution in [2.24, 2.45) is 0 Å². The number of ether oxygens (including phenoxy) is 1. The molecule has 0 saturated heterocycles. The molecule has 1 unspecified atom stereocenters. The highest BCUT2D eigenvalue weighted by atomic mass is 19.4. The molecule has 0 aromatic rings. The van der Waals surface area contributed by atoms with Crippen LogP contribution in [0.1, 0.15) is 77.6 Å². The minimum atomic E-state index is -4.44. The number of hydrogen-bond donors (Lipinski definition) is 1. The number of halogens is 6. The van der Waals surface area contributed by atoms with Crippen LogP contribution in [-0.4, -0.2) is 36.1 Å². The van der Waals surface area contributed by atoms with E-state index in [4.69, 9.17) is 9.84 Å². The summed E-state index contributed by atoms with van der Waals surface area (Å²) in [6.07, 6.45) is -4.31. The fourth-order valence-electron chi connectivity index (χ4n) is 2.12. The Morgan fingerprint density at radius 2 is 1.50 bits per heavy atom. The van der Waals surface area contributed by atoms with Gasteiger partial charge in [-0.2, -0.15) is 26.3 Å². The maximum atomic E-state index is 11.7. The first-order valence-corrected chi connectivity index (χ1v) is 9.54. The molecule has 0 amide bonds. The Labute approximate surface area is 163 Å². The van der Waals surface area contributed by atoms with Crippen LogP contribution in [0.25, 0.3) is 0 Å². The normalized spacial score (nSPS) is 12.7. The van der Waals surface area contributed by atoms with Crippen molar-refractivity contribution < 1.29 is 41.0 Å². The van der Waals surface area contributed by atoms with Gasteiger partial charge in [-0.1, -0.05) is 58.4 Å². The number of hydrogen-bond acceptors (Lipinski definition) is 3. The molecule has 3 nitrogen and oxygen atoms in total. The van der Waals surface area contributed by atoms with Gasteiger partial charge in [-0.3, -0.25) is 0 Å². The number of aliphatic hydroxyl groups is 1. The first kappa shape index (κ1) is 29.0. The topological polar surface area (TPSA) is 46.5 Å². The van der Waals surface area contributed by atoms with E-state index in [1.54, 1.807) is 0 Å². The molecule has 9 heteroatoms. The van der Waals surface area contributed by atoms with Gasteiger partial charge in [0.15, 0.2) is 0 Å². The monoisotopic (exact) mass is 422 g/mol. The molecule has 0 aromatic carbocycles. The van der Waals surface area contributed by atoms with Crippen LogP contribution in [0, 0.1) is 0 Å². The largest absolute Gasteiger partial charge is 0.463 e. The van der Waals surface area contributed by atoms with Crippen LogP contribution < -0.4 is 0 Å². The smallest absolute Gasteiger partial charge is 0.414 e. The Bertz CT molecular complexity index is 394. The van der Waals surface area contributed by atoms with Crippen LogP contribution in [0.5, 0.6) is 0 Å². The molecule has 168 valence electrons. The molecule has 0 aliphatic heterocycles. The predicted octanol–water partition coefficient (Wildman–Crippen LogP) is 6.50. The molecule has 0 aliphatic carbocycles. The maximum absolute atomic E-state index is 11.7. The minimum absolute atomic E-state index is 0.163. The Hall–Kier alpha value is -1.25. The van der Waals surface area contributed by atoms with Gasteiger partial charge in [0.1, 0.15) is 6.10 Å². The predicted molar refractivity (Wildman–Crippen MR) is 95.7 cm³/mol. The lowest BCUT2D eigenvalue weighted by Gasteiger charge is -2.13. The van der Waals surface area contributed by atoms with Crippen molar-refractivity contribution in [3.63, 3.8) is 0 Å². The molecule has 0 spiro atoms. The van der Waals surface area contributed by atoms with E-state index in [-0.39, 0.29) is 12.8 Å². The van der Waals surface area contributed by atoms with Gasteiger partial charge in [-0.05, 0) is 19.3 Å². The summed E-state index contributed by atoms with van der Waals surface area (Å²) in [7, 11) is 0. The van der Waals surface area contributed by atoms with Crippen molar-refractivity contribution in [3.8, 4) is 0 Å². The van der Waals surface area contributed by atoms with Crippen molar-refractivity contribution >= 4 is 5.97 Å². The summed E-state index contributed by atoms with van der Waals surface area (Å²) in [5.74, 6) is -0.461. The molecule has 0 aromatic heterocycles. The fourth-order valence-corrected chi connectivity index (χ4v) is 2.12. The number of carbonyl (C=O) groups is 1. The van der Waals surface area contributed by atoms with Crippen molar-refractivity contribution in [1.29, 1.82) is 0 Å². The Morgan fingerprint density at radius 1 is 0.964 bits per heavy atom. The van der Waals surface area contributed by atoms with Gasteiger partial charge >= 0.3 is 18.3 Å². The fraction of sp³-hybridized carbons (Fsp3) is 0.842. The van der Waals surface area contributed by atoms with E-state index in [1.165, 1.54) is 0 Å². The van der Waals surface area contributed by atoms with E-state index in [0.717, 1.165) is 38.2 Å². The number of alkyl halides is 6. The second-order valence-corrected chi connectivity index (χ2v) is 6.41. The van der Waals surface area contributed by atoms with E-state index in [0.29, 0.717) is 25.9 Å². The van der Waals surface area contributed by atoms with Gasteiger partial charge in [-0.15, -0.1) is 0 Å². The van der Waals surface area contributed by atoms with Crippen molar-refractivity contribution in [3.05, 3.63) is 12.7 Å². The van der Waals surface area contributed by atoms with E-state index in [1.807, 2.05) is 6.92 Å². The van der Waals surface area contributed by atoms with Gasteiger partial charge in [0, 0.05) is 12.5 Å². The number of aliphatic hydroxyl groups excluding tert-OH is 1. The van der Waals surface area contributed by atoms with Gasteiger partial charge in [0.25, 0.3) is 0 Å². The maximum Gasteiger partial charge on any atom is 0.414 e. The van der Waals surface area contributed by atoms with E-state index < -0.39 is 30.8 Å². The van der Waals surface area contributed by atoms with Crippen LogP contribution in [0.15, 0.2) is 12.7 Å². The van der Waals surface area contributed by atoms with Gasteiger partial charge in [0.05, 0.1) is 6.61 Å². The third kappa shape index (κ3) is 22.8. The highest BCUT2D eigenvalue weighted by Crippen LogP contribution is 2.24. The highest BCUT2D eigenvalue weighted by Gasteiger charge is 2.37. The van der Waals surface area contributed by atoms with Crippen LogP contribution >= 0.6 is 0 Å². The van der Waals surface area contributed by atoms with Gasteiger partial charge in [0.2, 0.25) is 0 Å². The lowest BCUT2D eigenvalue weighted by Crippen LogP contribution is -2.28. The SMILES string of the molecule is C=CC(=O)OCCCCCCCC(F)(F)F.CCCCCCC(O)C(F)(F)F. The molecule has 1 N–H and O–H groups in total. The van der Waals surface area contributed by atoms with Gasteiger partial charge in [-0.25, -0.2) is 4.79 Å². The minimum Gasteiger partial charge on any atom is -0.463 e. The molecule has 1 atom stereocenters. The van der Waals surface area contributed by atoms with Gasteiger partial charge < -0.3 is 9.84 Å². The summed E-state index contributed by atoms with van der Waals surface area (Å²) >= 11 is 0. The Kier molecular flexibility index (Phi) is 17.3. The van der Waals surface area contributed by atoms with Crippen molar-refractivity contribution in [2.45, 2.75) is 96.0 Å². The molecule has 0 fully saturated rings. The first-order chi connectivity index (χ1) is 12.9. The summed E-state index contributed by atoms with van der Waals surface area (Å²) in [5.41, 5.74) is 0. The zero-order chi connectivity index (χ0) is 22.1. The lowest BCUT2D eigenvalue weighted by atomic mass is 10.1. The summed E-state index contributed by atoms with van der Waals surface area (Å²) in [4.78, 5) is 10.6.